The zero-order chi connectivity index (χ0) is 10.7. The van der Waals surface area contributed by atoms with Gasteiger partial charge >= 0.3 is 0 Å². The summed E-state index contributed by atoms with van der Waals surface area (Å²) < 4.78 is 0. The van der Waals surface area contributed by atoms with Gasteiger partial charge in [0.15, 0.2) is 0 Å². The highest BCUT2D eigenvalue weighted by atomic mass is 14.9. The average molecular weight is 205 g/mol. The minimum absolute atomic E-state index is 0.532. The summed E-state index contributed by atoms with van der Waals surface area (Å²) >= 11 is 0. The van der Waals surface area contributed by atoms with Crippen molar-refractivity contribution >= 4 is 11.4 Å². The molecule has 1 heterocycles. The van der Waals surface area contributed by atoms with Gasteiger partial charge in [-0.1, -0.05) is 13.3 Å². The molecule has 0 unspecified atom stereocenters. The highest BCUT2D eigenvalue weighted by Gasteiger charge is 2.34. The molecule has 82 valence electrons. The van der Waals surface area contributed by atoms with Crippen molar-refractivity contribution in [1.82, 2.24) is 4.98 Å². The Hall–Kier alpha value is -1.25. The molecule has 0 bridgehead atoms. The molecular weight excluding hydrogens is 186 g/mol. The first kappa shape index (κ1) is 10.3. The van der Waals surface area contributed by atoms with E-state index in [1.807, 2.05) is 12.3 Å². The zero-order valence-corrected chi connectivity index (χ0v) is 9.29. The van der Waals surface area contributed by atoms with Gasteiger partial charge in [0.25, 0.3) is 0 Å². The van der Waals surface area contributed by atoms with Gasteiger partial charge < -0.3 is 11.1 Å². The summed E-state index contributed by atoms with van der Waals surface area (Å²) in [6, 6.07) is 1.94. The SMILES string of the molecule is CCC1(CNc2cncc(N)c2)CCC1. The third kappa shape index (κ3) is 2.22. The van der Waals surface area contributed by atoms with Crippen LogP contribution in [0.2, 0.25) is 0 Å². The number of aromatic nitrogens is 1. The Balaban J connectivity index is 1.92. The van der Waals surface area contributed by atoms with Crippen molar-refractivity contribution < 1.29 is 0 Å². The first-order valence-electron chi connectivity index (χ1n) is 5.68. The van der Waals surface area contributed by atoms with Gasteiger partial charge in [0, 0.05) is 12.7 Å². The topological polar surface area (TPSA) is 50.9 Å². The molecule has 3 N–H and O–H groups in total. The number of hydrogen-bond donors (Lipinski definition) is 2. The van der Waals surface area contributed by atoms with Crippen LogP contribution >= 0.6 is 0 Å². The maximum absolute atomic E-state index is 5.67. The lowest BCUT2D eigenvalue weighted by Gasteiger charge is -2.41. The highest BCUT2D eigenvalue weighted by Crippen LogP contribution is 2.43. The molecule has 0 amide bonds. The summed E-state index contributed by atoms with van der Waals surface area (Å²) in [4.78, 5) is 4.07. The molecule has 0 atom stereocenters. The standard InChI is InChI=1S/C12H19N3/c1-2-12(4-3-5-12)9-15-11-6-10(13)7-14-8-11/h6-8,15H,2-5,9,13H2,1H3. The van der Waals surface area contributed by atoms with Gasteiger partial charge in [0.2, 0.25) is 0 Å². The Morgan fingerprint density at radius 3 is 2.80 bits per heavy atom. The first-order valence-corrected chi connectivity index (χ1v) is 5.68. The summed E-state index contributed by atoms with van der Waals surface area (Å²) in [5, 5.41) is 3.44. The van der Waals surface area contributed by atoms with Crippen molar-refractivity contribution in [2.24, 2.45) is 5.41 Å². The number of nitrogens with two attached hydrogens (primary N) is 1. The maximum atomic E-state index is 5.67. The quantitative estimate of drug-likeness (QED) is 0.794. The van der Waals surface area contributed by atoms with Gasteiger partial charge in [-0.3, -0.25) is 4.98 Å². The van der Waals surface area contributed by atoms with Gasteiger partial charge in [-0.05, 0) is 30.7 Å². The Morgan fingerprint density at radius 2 is 2.27 bits per heavy atom. The summed E-state index contributed by atoms with van der Waals surface area (Å²) in [7, 11) is 0. The molecule has 0 saturated heterocycles. The predicted octanol–water partition coefficient (Wildman–Crippen LogP) is 2.66. The molecular formula is C12H19N3. The largest absolute Gasteiger partial charge is 0.397 e. The van der Waals surface area contributed by atoms with E-state index in [0.717, 1.165) is 17.9 Å². The molecule has 1 aromatic heterocycles. The molecule has 1 aliphatic rings. The minimum Gasteiger partial charge on any atom is -0.397 e. The van der Waals surface area contributed by atoms with E-state index in [2.05, 4.69) is 17.2 Å². The first-order chi connectivity index (χ1) is 7.24. The van der Waals surface area contributed by atoms with E-state index in [1.54, 1.807) is 6.20 Å². The molecule has 1 aliphatic carbocycles. The molecule has 15 heavy (non-hydrogen) atoms. The number of anilines is 2. The second kappa shape index (κ2) is 4.09. The van der Waals surface area contributed by atoms with Crippen molar-refractivity contribution in [3.63, 3.8) is 0 Å². The van der Waals surface area contributed by atoms with Crippen molar-refractivity contribution in [2.75, 3.05) is 17.6 Å². The third-order valence-electron chi connectivity index (χ3n) is 3.59. The molecule has 2 rings (SSSR count). The molecule has 3 nitrogen and oxygen atoms in total. The molecule has 0 radical (unpaired) electrons. The summed E-state index contributed by atoms with van der Waals surface area (Å²) in [6.07, 6.45) is 8.85. The van der Waals surface area contributed by atoms with E-state index in [9.17, 15) is 0 Å². The normalized spacial score (nSPS) is 18.2. The van der Waals surface area contributed by atoms with E-state index in [4.69, 9.17) is 5.73 Å². The number of nitrogen functional groups attached to an aromatic ring is 1. The van der Waals surface area contributed by atoms with Gasteiger partial charge in [0.1, 0.15) is 0 Å². The maximum Gasteiger partial charge on any atom is 0.0547 e. The van der Waals surface area contributed by atoms with Crippen molar-refractivity contribution in [2.45, 2.75) is 32.6 Å². The van der Waals surface area contributed by atoms with Crippen LogP contribution < -0.4 is 11.1 Å². The van der Waals surface area contributed by atoms with Crippen LogP contribution in [0.5, 0.6) is 0 Å². The smallest absolute Gasteiger partial charge is 0.0547 e. The summed E-state index contributed by atoms with van der Waals surface area (Å²) in [5.74, 6) is 0. The molecule has 0 aromatic carbocycles. The summed E-state index contributed by atoms with van der Waals surface area (Å²) in [6.45, 7) is 3.33. The van der Waals surface area contributed by atoms with Gasteiger partial charge in [-0.25, -0.2) is 0 Å². The van der Waals surface area contributed by atoms with Crippen LogP contribution in [0.4, 0.5) is 11.4 Å². The van der Waals surface area contributed by atoms with Crippen LogP contribution in [0.1, 0.15) is 32.6 Å². The molecule has 0 aliphatic heterocycles. The summed E-state index contributed by atoms with van der Waals surface area (Å²) in [5.41, 5.74) is 7.96. The number of nitrogens with zero attached hydrogens (tertiary/aromatic N) is 1. The number of hydrogen-bond acceptors (Lipinski definition) is 3. The lowest BCUT2D eigenvalue weighted by molar-refractivity contribution is 0.145. The van der Waals surface area contributed by atoms with E-state index in [0.29, 0.717) is 5.41 Å². The number of pyridine rings is 1. The predicted molar refractivity (Wildman–Crippen MR) is 63.7 cm³/mol. The van der Waals surface area contributed by atoms with Crippen molar-refractivity contribution in [3.05, 3.63) is 18.5 Å². The molecule has 1 saturated carbocycles. The van der Waals surface area contributed by atoms with Crippen LogP contribution in [0.3, 0.4) is 0 Å². The van der Waals surface area contributed by atoms with E-state index in [-0.39, 0.29) is 0 Å². The van der Waals surface area contributed by atoms with Gasteiger partial charge in [-0.2, -0.15) is 0 Å². The lowest BCUT2D eigenvalue weighted by atomic mass is 9.67. The molecule has 1 aromatic rings. The van der Waals surface area contributed by atoms with Crippen molar-refractivity contribution in [1.29, 1.82) is 0 Å². The monoisotopic (exact) mass is 205 g/mol. The van der Waals surface area contributed by atoms with Gasteiger partial charge in [0.05, 0.1) is 17.6 Å². The van der Waals surface area contributed by atoms with Crippen LogP contribution in [-0.2, 0) is 0 Å². The second-order valence-corrected chi connectivity index (χ2v) is 4.57. The van der Waals surface area contributed by atoms with Gasteiger partial charge in [-0.15, -0.1) is 0 Å². The van der Waals surface area contributed by atoms with Crippen LogP contribution in [-0.4, -0.2) is 11.5 Å². The van der Waals surface area contributed by atoms with Crippen LogP contribution in [0, 0.1) is 5.41 Å². The Kier molecular flexibility index (Phi) is 2.80. The van der Waals surface area contributed by atoms with Crippen LogP contribution in [0.25, 0.3) is 0 Å². The minimum atomic E-state index is 0.532. The fourth-order valence-corrected chi connectivity index (χ4v) is 2.18. The highest BCUT2D eigenvalue weighted by molar-refractivity contribution is 5.51. The van der Waals surface area contributed by atoms with E-state index >= 15 is 0 Å². The fraction of sp³-hybridized carbons (Fsp3) is 0.583. The Morgan fingerprint density at radius 1 is 1.47 bits per heavy atom. The molecule has 3 heteroatoms. The lowest BCUT2D eigenvalue weighted by Crippen LogP contribution is -2.35. The Bertz CT molecular complexity index is 326. The molecule has 0 spiro atoms. The van der Waals surface area contributed by atoms with Crippen LogP contribution in [0.15, 0.2) is 18.5 Å². The van der Waals surface area contributed by atoms with E-state index < -0.39 is 0 Å². The second-order valence-electron chi connectivity index (χ2n) is 4.57. The fourth-order valence-electron chi connectivity index (χ4n) is 2.18. The average Bonchev–Trinajstić information content (AvgIpc) is 2.17. The zero-order valence-electron chi connectivity index (χ0n) is 9.29. The number of rotatable bonds is 4. The Labute approximate surface area is 91.1 Å². The third-order valence-corrected chi connectivity index (χ3v) is 3.59. The van der Waals surface area contributed by atoms with Crippen molar-refractivity contribution in [3.8, 4) is 0 Å². The molecule has 1 fully saturated rings. The van der Waals surface area contributed by atoms with E-state index in [1.165, 1.54) is 25.7 Å². The number of nitrogens with one attached hydrogen (secondary N) is 1.